The summed E-state index contributed by atoms with van der Waals surface area (Å²) in [5.74, 6) is 0. The van der Waals surface area contributed by atoms with Crippen molar-refractivity contribution in [1.82, 2.24) is 0 Å². The molecule has 1 aliphatic heterocycles. The van der Waals surface area contributed by atoms with Gasteiger partial charge in [0.15, 0.2) is 12.5 Å². The molecule has 92 valence electrons. The minimum absolute atomic E-state index is 0.140. The first-order chi connectivity index (χ1) is 9.34. The summed E-state index contributed by atoms with van der Waals surface area (Å²) in [5.41, 5.74) is 1.30. The van der Waals surface area contributed by atoms with E-state index in [0.29, 0.717) is 0 Å². The van der Waals surface area contributed by atoms with Crippen LogP contribution in [0, 0.1) is 6.92 Å². The zero-order valence-electron chi connectivity index (χ0n) is 10.9. The van der Waals surface area contributed by atoms with Crippen LogP contribution in [0.4, 0.5) is 5.69 Å². The van der Waals surface area contributed by atoms with Crippen molar-refractivity contribution in [2.45, 2.75) is 13.2 Å². The second-order valence-corrected chi connectivity index (χ2v) is 7.31. The lowest BCUT2D eigenvalue weighted by Gasteiger charge is -1.98. The molecule has 0 bridgehead atoms. The zero-order valence-corrected chi connectivity index (χ0v) is 11.8. The van der Waals surface area contributed by atoms with Gasteiger partial charge in [-0.2, -0.15) is 4.58 Å². The first-order valence-corrected chi connectivity index (χ1v) is 8.12. The summed E-state index contributed by atoms with van der Waals surface area (Å²) in [6.07, 6.45) is 3.49. The molecule has 2 heterocycles. The van der Waals surface area contributed by atoms with Crippen LogP contribution in [-0.4, -0.2) is 10.8 Å². The lowest BCUT2D eigenvalue weighted by atomic mass is 10.1. The summed E-state index contributed by atoms with van der Waals surface area (Å²) >= 11 is 0. The number of hydrogen-bond donors (Lipinski definition) is 0. The Morgan fingerprint density at radius 2 is 1.58 bits per heavy atom. The normalized spacial score (nSPS) is 14.6. The number of benzene rings is 2. The van der Waals surface area contributed by atoms with E-state index in [1.807, 2.05) is 0 Å². The van der Waals surface area contributed by atoms with E-state index >= 15 is 0 Å². The van der Waals surface area contributed by atoms with Crippen LogP contribution < -0.4 is 0 Å². The Labute approximate surface area is 113 Å². The third-order valence-electron chi connectivity index (χ3n) is 3.95. The molecule has 1 unspecified atom stereocenters. The van der Waals surface area contributed by atoms with E-state index in [-0.39, 0.29) is 7.53 Å². The number of aryl methyl sites for hydroxylation is 1. The average Bonchev–Trinajstić information content (AvgIpc) is 3.01. The van der Waals surface area contributed by atoms with Crippen LogP contribution in [-0.2, 0) is 6.29 Å². The van der Waals surface area contributed by atoms with Crippen LogP contribution in [0.5, 0.6) is 0 Å². The number of nitrogens with zero attached hydrogens (tertiary/aromatic N) is 1. The van der Waals surface area contributed by atoms with Crippen molar-refractivity contribution in [3.63, 3.8) is 0 Å². The Bertz CT molecular complexity index is 797. The molecule has 0 N–H and O–H groups in total. The highest BCUT2D eigenvalue weighted by Gasteiger charge is 2.26. The Morgan fingerprint density at radius 3 is 2.37 bits per heavy atom. The summed E-state index contributed by atoms with van der Waals surface area (Å²) in [4.78, 5) is 0. The fraction of sp³-hybridized carbons (Fsp3) is 0.118. The number of fused-ring (bicyclic) bond motifs is 3. The van der Waals surface area contributed by atoms with Crippen LogP contribution in [0.2, 0.25) is 0 Å². The fourth-order valence-corrected chi connectivity index (χ4v) is 5.46. The molecule has 0 aliphatic carbocycles. The number of para-hydroxylation sites is 1. The van der Waals surface area contributed by atoms with Gasteiger partial charge in [-0.05, 0) is 30.5 Å². The van der Waals surface area contributed by atoms with E-state index < -0.39 is 0 Å². The van der Waals surface area contributed by atoms with Gasteiger partial charge >= 0.3 is 0 Å². The maximum atomic E-state index is 2.40. The summed E-state index contributed by atoms with van der Waals surface area (Å²) < 4.78 is 2.40. The molecule has 1 aliphatic rings. The molecule has 3 aromatic rings. The Hall–Kier alpha value is -1.85. The van der Waals surface area contributed by atoms with Gasteiger partial charge in [-0.25, -0.2) is 0 Å². The molecule has 0 radical (unpaired) electrons. The van der Waals surface area contributed by atoms with Crippen molar-refractivity contribution in [3.05, 3.63) is 65.2 Å². The third kappa shape index (κ3) is 1.59. The number of hydrogen-bond acceptors (Lipinski definition) is 0. The van der Waals surface area contributed by atoms with E-state index in [0.717, 1.165) is 6.29 Å². The quantitative estimate of drug-likeness (QED) is 0.552. The van der Waals surface area contributed by atoms with Gasteiger partial charge in [0.2, 0.25) is 5.69 Å². The van der Waals surface area contributed by atoms with Crippen molar-refractivity contribution in [2.75, 3.05) is 0 Å². The topological polar surface area (TPSA) is 3.01 Å². The highest BCUT2D eigenvalue weighted by molar-refractivity contribution is 7.52. The van der Waals surface area contributed by atoms with Crippen molar-refractivity contribution in [3.8, 4) is 0 Å². The minimum atomic E-state index is -0.140. The summed E-state index contributed by atoms with van der Waals surface area (Å²) in [6, 6.07) is 19.5. The highest BCUT2D eigenvalue weighted by Crippen LogP contribution is 2.49. The standard InChI is InChI=1S/C17H15NP/c1-13-15-9-5-6-10-16(15)17-11-18(12-19(13)17)14-7-3-2-4-8-14/h2-11H,12H2,1H3/q+1. The first kappa shape index (κ1) is 11.0. The zero-order chi connectivity index (χ0) is 12.8. The van der Waals surface area contributed by atoms with E-state index in [1.54, 1.807) is 10.6 Å². The van der Waals surface area contributed by atoms with Crippen LogP contribution >= 0.6 is 7.53 Å². The summed E-state index contributed by atoms with van der Waals surface area (Å²) in [5, 5.41) is 6.04. The molecule has 1 aromatic heterocycles. The van der Waals surface area contributed by atoms with Gasteiger partial charge < -0.3 is 0 Å². The maximum absolute atomic E-state index is 2.40. The minimum Gasteiger partial charge on any atom is -0.190 e. The molecule has 0 saturated heterocycles. The maximum Gasteiger partial charge on any atom is 0.205 e. The summed E-state index contributed by atoms with van der Waals surface area (Å²) in [7, 11) is -0.140. The molecule has 0 saturated carbocycles. The molecule has 2 heteroatoms. The van der Waals surface area contributed by atoms with Crippen LogP contribution in [0.15, 0.2) is 54.6 Å². The molecular weight excluding hydrogens is 249 g/mol. The SMILES string of the molecule is Cc1c2ccccc2c2p1C[N+](c1ccccc1)=C2. The van der Waals surface area contributed by atoms with E-state index in [9.17, 15) is 0 Å². The predicted molar refractivity (Wildman–Crippen MR) is 82.9 cm³/mol. The largest absolute Gasteiger partial charge is 0.205 e. The van der Waals surface area contributed by atoms with Gasteiger partial charge in [0.1, 0.15) is 0 Å². The fourth-order valence-electron chi connectivity index (χ4n) is 2.93. The Morgan fingerprint density at radius 1 is 0.895 bits per heavy atom. The van der Waals surface area contributed by atoms with Gasteiger partial charge in [0.25, 0.3) is 0 Å². The van der Waals surface area contributed by atoms with Crippen molar-refractivity contribution >= 4 is 30.2 Å². The van der Waals surface area contributed by atoms with Gasteiger partial charge in [-0.3, -0.25) is 0 Å². The highest BCUT2D eigenvalue weighted by atomic mass is 31.1. The Balaban J connectivity index is 1.92. The van der Waals surface area contributed by atoms with Gasteiger partial charge in [-0.1, -0.05) is 42.5 Å². The molecule has 1 atom stereocenters. The average molecular weight is 264 g/mol. The van der Waals surface area contributed by atoms with Crippen LogP contribution in [0.3, 0.4) is 0 Å². The molecule has 0 fully saturated rings. The number of rotatable bonds is 1. The second-order valence-electron chi connectivity index (χ2n) is 5.02. The molecule has 2 aromatic carbocycles. The molecular formula is C17H15NP+. The molecule has 0 amide bonds. The second kappa shape index (κ2) is 4.08. The van der Waals surface area contributed by atoms with Gasteiger partial charge in [0.05, 0.1) is 5.30 Å². The van der Waals surface area contributed by atoms with E-state index in [1.165, 1.54) is 16.5 Å². The lowest BCUT2D eigenvalue weighted by molar-refractivity contribution is -0.435. The van der Waals surface area contributed by atoms with E-state index in [4.69, 9.17) is 0 Å². The van der Waals surface area contributed by atoms with Crippen LogP contribution in [0.25, 0.3) is 10.8 Å². The monoisotopic (exact) mass is 264 g/mol. The predicted octanol–water partition coefficient (Wildman–Crippen LogP) is 4.87. The Kier molecular flexibility index (Phi) is 2.36. The van der Waals surface area contributed by atoms with Crippen molar-refractivity contribution < 1.29 is 4.58 Å². The summed E-state index contributed by atoms with van der Waals surface area (Å²) in [6.45, 7) is 2.31. The molecule has 4 rings (SSSR count). The molecule has 19 heavy (non-hydrogen) atoms. The third-order valence-corrected chi connectivity index (χ3v) is 6.52. The smallest absolute Gasteiger partial charge is 0.190 e. The van der Waals surface area contributed by atoms with Gasteiger partial charge in [-0.15, -0.1) is 0 Å². The van der Waals surface area contributed by atoms with Crippen LogP contribution in [0.1, 0.15) is 10.6 Å². The first-order valence-electron chi connectivity index (χ1n) is 6.59. The molecule has 1 nitrogen and oxygen atoms in total. The lowest BCUT2D eigenvalue weighted by Crippen LogP contribution is -1.97. The van der Waals surface area contributed by atoms with Crippen molar-refractivity contribution in [1.29, 1.82) is 0 Å². The van der Waals surface area contributed by atoms with Crippen molar-refractivity contribution in [2.24, 2.45) is 0 Å². The molecule has 0 spiro atoms. The van der Waals surface area contributed by atoms with E-state index in [2.05, 4.69) is 72.3 Å². The van der Waals surface area contributed by atoms with Gasteiger partial charge in [0, 0.05) is 12.1 Å².